The molecule has 0 aliphatic rings. The van der Waals surface area contributed by atoms with E-state index in [0.717, 1.165) is 19.4 Å². The van der Waals surface area contributed by atoms with Gasteiger partial charge < -0.3 is 0 Å². The summed E-state index contributed by atoms with van der Waals surface area (Å²) in [7, 11) is 0. The zero-order valence-corrected chi connectivity index (χ0v) is 12.0. The van der Waals surface area contributed by atoms with Gasteiger partial charge in [0.25, 0.3) is 0 Å². The van der Waals surface area contributed by atoms with Crippen LogP contribution in [0.3, 0.4) is 0 Å². The monoisotopic (exact) mass is 255 g/mol. The average molecular weight is 255 g/mol. The molecule has 0 fully saturated rings. The fourth-order valence-electron chi connectivity index (χ4n) is 0.914. The van der Waals surface area contributed by atoms with Gasteiger partial charge in [-0.25, -0.2) is 0 Å². The van der Waals surface area contributed by atoms with Crippen molar-refractivity contribution in [2.24, 2.45) is 11.3 Å². The van der Waals surface area contributed by atoms with Crippen molar-refractivity contribution in [1.82, 2.24) is 0 Å². The van der Waals surface area contributed by atoms with Crippen LogP contribution in [0.15, 0.2) is 0 Å². The van der Waals surface area contributed by atoms with Crippen molar-refractivity contribution in [3.05, 3.63) is 0 Å². The molecule has 3 nitrogen and oxygen atoms in total. The van der Waals surface area contributed by atoms with Crippen molar-refractivity contribution in [1.29, 1.82) is 0 Å². The molecule has 0 amide bonds. The predicted octanol–water partition coefficient (Wildman–Crippen LogP) is 3.35. The molecule has 0 unspecified atom stereocenters. The summed E-state index contributed by atoms with van der Waals surface area (Å²) in [5.41, 5.74) is 0.203. The van der Waals surface area contributed by atoms with Gasteiger partial charge in [0.05, 0.1) is 0 Å². The SMILES string of the molecule is CCC(CC)CO[O][V][O]CC(C)(C)C. The molecule has 0 aromatic heterocycles. The average Bonchev–Trinajstić information content (AvgIpc) is 2.15. The van der Waals surface area contributed by atoms with E-state index in [0.29, 0.717) is 12.5 Å². The first kappa shape index (κ1) is 15.5. The fourth-order valence-corrected chi connectivity index (χ4v) is 1.83. The molecule has 0 saturated heterocycles. The molecule has 0 atom stereocenters. The molecule has 0 saturated carbocycles. The Labute approximate surface area is 102 Å². The van der Waals surface area contributed by atoms with E-state index < -0.39 is 17.0 Å². The Balaban J connectivity index is 3.25. The molecule has 0 radical (unpaired) electrons. The molecule has 15 heavy (non-hydrogen) atoms. The van der Waals surface area contributed by atoms with Crippen molar-refractivity contribution in [3.63, 3.8) is 0 Å². The van der Waals surface area contributed by atoms with Crippen molar-refractivity contribution in [2.75, 3.05) is 13.2 Å². The van der Waals surface area contributed by atoms with Gasteiger partial charge in [-0.1, -0.05) is 0 Å². The first-order valence-corrected chi connectivity index (χ1v) is 6.74. The van der Waals surface area contributed by atoms with Crippen LogP contribution in [0.5, 0.6) is 0 Å². The van der Waals surface area contributed by atoms with Crippen LogP contribution in [0.25, 0.3) is 0 Å². The van der Waals surface area contributed by atoms with Crippen LogP contribution in [0.2, 0.25) is 0 Å². The molecular weight excluding hydrogens is 231 g/mol. The minimum absolute atomic E-state index is 0.203. The van der Waals surface area contributed by atoms with Crippen LogP contribution in [-0.2, 0) is 29.4 Å². The standard InChI is InChI=1S/C6H14O2.C5H11O.V/c1-3-6(4-2)5-8-7;1-5(2,3)4-6;/h6-7H,3-5H2,1-2H3;4H2,1-3H3;/q;-1;+2/p-1. The fraction of sp³-hybridized carbons (Fsp3) is 1.00. The van der Waals surface area contributed by atoms with Crippen LogP contribution < -0.4 is 0 Å². The molecule has 0 aliphatic heterocycles. The second kappa shape index (κ2) is 8.60. The first-order valence-electron chi connectivity index (χ1n) is 5.60. The molecule has 0 N–H and O–H groups in total. The van der Waals surface area contributed by atoms with Gasteiger partial charge in [-0.05, 0) is 0 Å². The van der Waals surface area contributed by atoms with Crippen LogP contribution in [0.4, 0.5) is 0 Å². The Morgan fingerprint density at radius 3 is 2.20 bits per heavy atom. The van der Waals surface area contributed by atoms with Gasteiger partial charge in [0.2, 0.25) is 0 Å². The normalized spacial score (nSPS) is 12.1. The number of hydrogen-bond donors (Lipinski definition) is 0. The van der Waals surface area contributed by atoms with E-state index in [4.69, 9.17) is 12.4 Å². The van der Waals surface area contributed by atoms with Crippen LogP contribution in [0, 0.1) is 11.3 Å². The van der Waals surface area contributed by atoms with E-state index in [-0.39, 0.29) is 5.41 Å². The summed E-state index contributed by atoms with van der Waals surface area (Å²) in [6.45, 7) is 12.2. The maximum absolute atomic E-state index is 5.39. The Hall–Kier alpha value is 0.464. The van der Waals surface area contributed by atoms with Gasteiger partial charge in [0.15, 0.2) is 0 Å². The molecule has 0 bridgehead atoms. The summed E-state index contributed by atoms with van der Waals surface area (Å²) in [5.74, 6) is 0.605. The first-order chi connectivity index (χ1) is 6.99. The topological polar surface area (TPSA) is 27.7 Å². The van der Waals surface area contributed by atoms with Crippen molar-refractivity contribution in [2.45, 2.75) is 47.5 Å². The van der Waals surface area contributed by atoms with Gasteiger partial charge in [0.1, 0.15) is 0 Å². The molecule has 0 aromatic carbocycles. The summed E-state index contributed by atoms with van der Waals surface area (Å²) in [4.78, 5) is 5.11. The van der Waals surface area contributed by atoms with E-state index in [9.17, 15) is 0 Å². The molecule has 0 rings (SSSR count). The molecule has 0 aliphatic carbocycles. The summed E-state index contributed by atoms with van der Waals surface area (Å²) < 4.78 is 10.4. The Bertz CT molecular complexity index is 141. The van der Waals surface area contributed by atoms with Crippen molar-refractivity contribution >= 4 is 0 Å². The summed E-state index contributed by atoms with van der Waals surface area (Å²) >= 11 is -0.569. The van der Waals surface area contributed by atoms with Gasteiger partial charge in [-0.2, -0.15) is 0 Å². The third-order valence-corrected chi connectivity index (χ3v) is 2.72. The second-order valence-corrected chi connectivity index (χ2v) is 5.82. The second-order valence-electron chi connectivity index (χ2n) is 4.95. The van der Waals surface area contributed by atoms with Crippen molar-refractivity contribution < 1.29 is 29.4 Å². The third kappa shape index (κ3) is 10.7. The number of rotatable bonds is 8. The Morgan fingerprint density at radius 1 is 1.13 bits per heavy atom. The van der Waals surface area contributed by atoms with Gasteiger partial charge in [-0.15, -0.1) is 0 Å². The molecule has 0 aromatic rings. The molecule has 4 heteroatoms. The molecule has 0 spiro atoms. The summed E-state index contributed by atoms with van der Waals surface area (Å²) in [6.07, 6.45) is 2.28. The zero-order chi connectivity index (χ0) is 11.7. The molecule has 91 valence electrons. The third-order valence-electron chi connectivity index (χ3n) is 2.09. The van der Waals surface area contributed by atoms with E-state index in [1.54, 1.807) is 0 Å². The summed E-state index contributed by atoms with van der Waals surface area (Å²) in [5, 5.41) is 0. The van der Waals surface area contributed by atoms with Gasteiger partial charge in [-0.3, -0.25) is 0 Å². The Kier molecular flexibility index (Phi) is 8.86. The van der Waals surface area contributed by atoms with E-state index >= 15 is 0 Å². The van der Waals surface area contributed by atoms with E-state index in [2.05, 4.69) is 34.6 Å². The maximum atomic E-state index is 5.39. The van der Waals surface area contributed by atoms with E-state index in [1.165, 1.54) is 0 Å². The number of hydrogen-bond acceptors (Lipinski definition) is 3. The van der Waals surface area contributed by atoms with Crippen LogP contribution in [-0.4, -0.2) is 13.2 Å². The van der Waals surface area contributed by atoms with Gasteiger partial charge in [0, 0.05) is 0 Å². The van der Waals surface area contributed by atoms with Crippen molar-refractivity contribution in [3.8, 4) is 0 Å². The van der Waals surface area contributed by atoms with E-state index in [1.807, 2.05) is 0 Å². The summed E-state index contributed by atoms with van der Waals surface area (Å²) in [6, 6.07) is 0. The molecular formula is C11H24O3V. The minimum atomic E-state index is -0.569. The molecule has 0 heterocycles. The van der Waals surface area contributed by atoms with Crippen LogP contribution in [0.1, 0.15) is 47.5 Å². The predicted molar refractivity (Wildman–Crippen MR) is 56.5 cm³/mol. The zero-order valence-electron chi connectivity index (χ0n) is 10.6. The van der Waals surface area contributed by atoms with Crippen LogP contribution >= 0.6 is 0 Å². The Morgan fingerprint density at radius 2 is 1.73 bits per heavy atom. The quantitative estimate of drug-likeness (QED) is 0.378. The van der Waals surface area contributed by atoms with Gasteiger partial charge >= 0.3 is 101 Å².